The number of hydrogen-bond donors (Lipinski definition) is 0. The van der Waals surface area contributed by atoms with Crippen molar-refractivity contribution in [2.75, 3.05) is 4.90 Å². The Bertz CT molecular complexity index is 3590. The van der Waals surface area contributed by atoms with Crippen LogP contribution in [0.2, 0.25) is 0 Å². The zero-order valence-corrected chi connectivity index (χ0v) is 37.2. The molecule has 4 aliphatic rings. The smallest absolute Gasteiger partial charge is 0.132 e. The molecule has 3 heterocycles. The van der Waals surface area contributed by atoms with Crippen molar-refractivity contribution in [3.05, 3.63) is 269 Å². The normalized spacial score (nSPS) is 14.7. The van der Waals surface area contributed by atoms with Gasteiger partial charge in [-0.2, -0.15) is 0 Å². The van der Waals surface area contributed by atoms with E-state index in [1.807, 2.05) is 23.1 Å². The number of fused-ring (bicyclic) bond motifs is 21. The van der Waals surface area contributed by atoms with Crippen LogP contribution in [0, 0.1) is 0 Å². The second-order valence-corrected chi connectivity index (χ2v) is 19.9. The summed E-state index contributed by atoms with van der Waals surface area (Å²) in [5.74, 6) is 1.79. The molecule has 0 unspecified atom stereocenters. The van der Waals surface area contributed by atoms with E-state index < -0.39 is 10.8 Å². The first-order valence-corrected chi connectivity index (χ1v) is 24.3. The zero-order chi connectivity index (χ0) is 43.1. The van der Waals surface area contributed by atoms with Crippen molar-refractivity contribution in [1.82, 2.24) is 0 Å². The fourth-order valence-electron chi connectivity index (χ4n) is 12.5. The third-order valence-corrected chi connectivity index (χ3v) is 17.1. The lowest BCUT2D eigenvalue weighted by atomic mass is 9.66. The molecular formula is C62H37NOS2. The van der Waals surface area contributed by atoms with Crippen molar-refractivity contribution in [2.24, 2.45) is 0 Å². The minimum absolute atomic E-state index is 0.516. The van der Waals surface area contributed by atoms with Gasteiger partial charge in [-0.3, -0.25) is 0 Å². The fourth-order valence-corrected chi connectivity index (χ4v) is 14.8. The van der Waals surface area contributed by atoms with Gasteiger partial charge in [0.25, 0.3) is 0 Å². The molecule has 1 aromatic heterocycles. The van der Waals surface area contributed by atoms with Gasteiger partial charge >= 0.3 is 0 Å². The molecule has 15 rings (SSSR count). The molecule has 66 heavy (non-hydrogen) atoms. The number of para-hydroxylation sites is 2. The molecule has 0 amide bonds. The summed E-state index contributed by atoms with van der Waals surface area (Å²) >= 11 is 3.76. The molecule has 0 N–H and O–H groups in total. The van der Waals surface area contributed by atoms with Crippen LogP contribution in [0.4, 0.5) is 17.1 Å². The van der Waals surface area contributed by atoms with Crippen LogP contribution in [-0.2, 0) is 10.8 Å². The predicted octanol–water partition coefficient (Wildman–Crippen LogP) is 16.8. The number of benzene rings is 10. The first kappa shape index (κ1) is 36.7. The molecule has 0 fully saturated rings. The van der Waals surface area contributed by atoms with Crippen LogP contribution < -0.4 is 9.64 Å². The van der Waals surface area contributed by atoms with Gasteiger partial charge in [-0.1, -0.05) is 182 Å². The Kier molecular flexibility index (Phi) is 7.48. The van der Waals surface area contributed by atoms with Crippen molar-refractivity contribution in [2.45, 2.75) is 20.6 Å². The van der Waals surface area contributed by atoms with Gasteiger partial charge in [0.05, 0.1) is 27.9 Å². The Labute approximate surface area is 391 Å². The van der Waals surface area contributed by atoms with Crippen molar-refractivity contribution in [1.29, 1.82) is 0 Å². The van der Waals surface area contributed by atoms with Gasteiger partial charge in [-0.05, 0) is 99.1 Å². The molecule has 0 atom stereocenters. The molecule has 2 nitrogen and oxygen atoms in total. The molecule has 10 aromatic carbocycles. The summed E-state index contributed by atoms with van der Waals surface area (Å²) in [6.45, 7) is 0. The van der Waals surface area contributed by atoms with Crippen LogP contribution in [0.1, 0.15) is 44.5 Å². The van der Waals surface area contributed by atoms with Crippen molar-refractivity contribution < 1.29 is 4.74 Å². The van der Waals surface area contributed by atoms with Gasteiger partial charge in [0, 0.05) is 52.2 Å². The molecule has 11 aromatic rings. The summed E-state index contributed by atoms with van der Waals surface area (Å²) in [5, 5.41) is 2.54. The summed E-state index contributed by atoms with van der Waals surface area (Å²) in [7, 11) is 0. The molecule has 308 valence electrons. The van der Waals surface area contributed by atoms with Gasteiger partial charge < -0.3 is 9.64 Å². The lowest BCUT2D eigenvalue weighted by Gasteiger charge is -2.40. The summed E-state index contributed by atoms with van der Waals surface area (Å²) in [4.78, 5) is 5.24. The molecule has 0 radical (unpaired) electrons. The van der Waals surface area contributed by atoms with Crippen LogP contribution in [0.3, 0.4) is 0 Å². The van der Waals surface area contributed by atoms with Gasteiger partial charge in [0.2, 0.25) is 0 Å². The van der Waals surface area contributed by atoms with Gasteiger partial charge in [0.1, 0.15) is 11.5 Å². The van der Waals surface area contributed by atoms with Gasteiger partial charge in [-0.15, -0.1) is 11.3 Å². The second-order valence-electron chi connectivity index (χ2n) is 17.8. The Morgan fingerprint density at radius 1 is 0.333 bits per heavy atom. The largest absolute Gasteiger partial charge is 0.457 e. The Morgan fingerprint density at radius 2 is 0.758 bits per heavy atom. The maximum absolute atomic E-state index is 6.77. The maximum Gasteiger partial charge on any atom is 0.132 e. The monoisotopic (exact) mass is 875 g/mol. The number of ether oxygens (including phenoxy) is 1. The zero-order valence-electron chi connectivity index (χ0n) is 35.5. The van der Waals surface area contributed by atoms with E-state index in [4.69, 9.17) is 4.74 Å². The van der Waals surface area contributed by atoms with Crippen LogP contribution in [0.25, 0.3) is 42.4 Å². The fraction of sp³-hybridized carbons (Fsp3) is 0.0323. The van der Waals surface area contributed by atoms with E-state index >= 15 is 0 Å². The van der Waals surface area contributed by atoms with E-state index in [9.17, 15) is 0 Å². The lowest BCUT2D eigenvalue weighted by molar-refractivity contribution is 0.436. The molecule has 2 spiro atoms. The summed E-state index contributed by atoms with van der Waals surface area (Å²) in [6, 6.07) is 83.8. The van der Waals surface area contributed by atoms with Crippen LogP contribution in [0.15, 0.2) is 234 Å². The molecule has 0 saturated carbocycles. The Morgan fingerprint density at radius 3 is 1.36 bits per heavy atom. The summed E-state index contributed by atoms with van der Waals surface area (Å²) in [6.07, 6.45) is 0. The average Bonchev–Trinajstić information content (AvgIpc) is 4.01. The van der Waals surface area contributed by atoms with E-state index in [2.05, 4.69) is 229 Å². The summed E-state index contributed by atoms with van der Waals surface area (Å²) in [5.41, 5.74) is 17.5. The second kappa shape index (κ2) is 13.5. The highest BCUT2D eigenvalue weighted by atomic mass is 32.2. The van der Waals surface area contributed by atoms with E-state index in [1.54, 1.807) is 0 Å². The van der Waals surface area contributed by atoms with Crippen molar-refractivity contribution in [3.63, 3.8) is 0 Å². The minimum atomic E-state index is -0.609. The number of rotatable bonds is 3. The summed E-state index contributed by atoms with van der Waals surface area (Å²) < 4.78 is 9.32. The number of nitrogens with zero attached hydrogens (tertiary/aromatic N) is 1. The average molecular weight is 876 g/mol. The van der Waals surface area contributed by atoms with Crippen molar-refractivity contribution in [3.8, 4) is 33.8 Å². The topological polar surface area (TPSA) is 12.5 Å². The first-order chi connectivity index (χ1) is 32.8. The van der Waals surface area contributed by atoms with Crippen LogP contribution in [0.5, 0.6) is 11.5 Å². The van der Waals surface area contributed by atoms with Gasteiger partial charge in [0.15, 0.2) is 0 Å². The number of hydrogen-bond acceptors (Lipinski definition) is 4. The molecule has 0 saturated heterocycles. The van der Waals surface area contributed by atoms with Crippen molar-refractivity contribution >= 4 is 60.3 Å². The highest BCUT2D eigenvalue weighted by Crippen LogP contribution is 2.67. The third kappa shape index (κ3) is 4.53. The molecule has 0 bridgehead atoms. The van der Waals surface area contributed by atoms with E-state index in [0.717, 1.165) is 39.7 Å². The SMILES string of the molecule is c1ccc2c(c1)Oc1ccccc1C21c2ccccc2-c2c(N(c3cccc4c3-c3ccccc3C43c4ccccc4Sc4ccccc43)c3cccc4sc5ccccc5c34)cccc21. The Hall–Kier alpha value is -7.63. The van der Waals surface area contributed by atoms with Crippen LogP contribution >= 0.6 is 23.1 Å². The number of thiophene rings is 1. The van der Waals surface area contributed by atoms with E-state index in [1.165, 1.54) is 85.6 Å². The highest BCUT2D eigenvalue weighted by Gasteiger charge is 2.54. The van der Waals surface area contributed by atoms with E-state index in [-0.39, 0.29) is 0 Å². The quantitative estimate of drug-likeness (QED) is 0.175. The van der Waals surface area contributed by atoms with Gasteiger partial charge in [-0.25, -0.2) is 0 Å². The predicted molar refractivity (Wildman–Crippen MR) is 273 cm³/mol. The Balaban J connectivity index is 1.10. The molecule has 2 aliphatic carbocycles. The molecule has 2 aliphatic heterocycles. The van der Waals surface area contributed by atoms with E-state index in [0.29, 0.717) is 0 Å². The number of anilines is 3. The standard InChI is InChI=1S/C62H37NOS2/c1-4-21-41-38(18-1)58-47(61(41)43-23-6-10-32-52(43)64-53-33-11-7-24-44(53)61)27-15-29-49(58)63(51-31-17-37-57-60(51)40-20-3-12-34-54(40)65-57)50-30-16-28-48-59(50)39-19-2-5-22-42(39)62(48)45-25-8-13-35-55(45)66-56-36-14-9-26-46(56)62/h1-37H. The highest BCUT2D eigenvalue weighted by molar-refractivity contribution is 7.99. The minimum Gasteiger partial charge on any atom is -0.457 e. The third-order valence-electron chi connectivity index (χ3n) is 14.8. The first-order valence-electron chi connectivity index (χ1n) is 22.7. The molecule has 4 heteroatoms. The molecular weight excluding hydrogens is 839 g/mol. The maximum atomic E-state index is 6.77. The van der Waals surface area contributed by atoms with Crippen LogP contribution in [-0.4, -0.2) is 0 Å². The lowest BCUT2D eigenvalue weighted by Crippen LogP contribution is -2.32.